The van der Waals surface area contributed by atoms with Gasteiger partial charge in [-0.2, -0.15) is 0 Å². The third-order valence-electron chi connectivity index (χ3n) is 1.55. The average Bonchev–Trinajstić information content (AvgIpc) is 2.15. The van der Waals surface area contributed by atoms with E-state index in [1.165, 1.54) is 0 Å². The van der Waals surface area contributed by atoms with E-state index in [1.54, 1.807) is 12.2 Å². The molecule has 0 fully saturated rings. The molecule has 1 aromatic carbocycles. The first-order valence-electron chi connectivity index (χ1n) is 3.93. The fourth-order valence-corrected chi connectivity index (χ4v) is 1.29. The van der Waals surface area contributed by atoms with Crippen LogP contribution in [0, 0.1) is 0 Å². The second-order valence-corrected chi connectivity index (χ2v) is 3.40. The molecule has 0 spiro atoms. The molecule has 0 aliphatic rings. The third-order valence-corrected chi connectivity index (χ3v) is 2.05. The van der Waals surface area contributed by atoms with Crippen LogP contribution in [0.1, 0.15) is 5.56 Å². The maximum absolute atomic E-state index is 5.44. The van der Waals surface area contributed by atoms with E-state index in [0.717, 1.165) is 15.8 Å². The Kier molecular flexibility index (Phi) is 3.77. The van der Waals surface area contributed by atoms with Crippen molar-refractivity contribution in [3.8, 4) is 5.75 Å². The Balaban J connectivity index is 2.93. The maximum atomic E-state index is 5.44. The first-order valence-corrected chi connectivity index (χ1v) is 4.73. The predicted octanol–water partition coefficient (Wildman–Crippen LogP) is 3.66. The van der Waals surface area contributed by atoms with Crippen LogP contribution in [0.25, 0.3) is 6.08 Å². The van der Waals surface area contributed by atoms with Gasteiger partial charge in [0.15, 0.2) is 0 Å². The third kappa shape index (κ3) is 2.74. The van der Waals surface area contributed by atoms with Crippen LogP contribution in [-0.2, 0) is 0 Å². The zero-order chi connectivity index (χ0) is 9.68. The van der Waals surface area contributed by atoms with E-state index in [4.69, 9.17) is 4.74 Å². The van der Waals surface area contributed by atoms with Crippen molar-refractivity contribution in [3.05, 3.63) is 47.5 Å². The van der Waals surface area contributed by atoms with Gasteiger partial charge in [-0.15, -0.1) is 0 Å². The van der Waals surface area contributed by atoms with E-state index in [-0.39, 0.29) is 0 Å². The fourth-order valence-electron chi connectivity index (χ4n) is 0.951. The highest BCUT2D eigenvalue weighted by molar-refractivity contribution is 9.10. The molecule has 0 aliphatic carbocycles. The lowest BCUT2D eigenvalue weighted by atomic mass is 10.2. The van der Waals surface area contributed by atoms with Crippen LogP contribution in [-0.4, -0.2) is 6.61 Å². The molecule has 1 aromatic rings. The quantitative estimate of drug-likeness (QED) is 0.728. The average molecular weight is 239 g/mol. The summed E-state index contributed by atoms with van der Waals surface area (Å²) in [5.41, 5.74) is 0.991. The van der Waals surface area contributed by atoms with Crippen molar-refractivity contribution in [2.75, 3.05) is 6.61 Å². The Morgan fingerprint density at radius 2 is 2.15 bits per heavy atom. The van der Waals surface area contributed by atoms with Gasteiger partial charge in [-0.3, -0.25) is 0 Å². The molecular formula is C11H11BrO. The summed E-state index contributed by atoms with van der Waals surface area (Å²) in [6, 6.07) is 5.83. The summed E-state index contributed by atoms with van der Waals surface area (Å²) in [4.78, 5) is 0. The molecule has 0 aliphatic heterocycles. The molecule has 2 heteroatoms. The smallest absolute Gasteiger partial charge is 0.128 e. The number of halogens is 1. The summed E-state index contributed by atoms with van der Waals surface area (Å²) < 4.78 is 6.44. The number of benzene rings is 1. The van der Waals surface area contributed by atoms with Crippen molar-refractivity contribution in [2.45, 2.75) is 0 Å². The molecule has 0 aromatic heterocycles. The molecule has 0 heterocycles. The predicted molar refractivity (Wildman–Crippen MR) is 59.9 cm³/mol. The number of hydrogen-bond donors (Lipinski definition) is 0. The van der Waals surface area contributed by atoms with Crippen molar-refractivity contribution >= 4 is 22.0 Å². The Hall–Kier alpha value is -1.02. The van der Waals surface area contributed by atoms with Gasteiger partial charge in [0.25, 0.3) is 0 Å². The molecule has 0 atom stereocenters. The Labute approximate surface area is 86.9 Å². The van der Waals surface area contributed by atoms with Crippen molar-refractivity contribution in [1.29, 1.82) is 0 Å². The van der Waals surface area contributed by atoms with Gasteiger partial charge in [-0.05, 0) is 12.1 Å². The van der Waals surface area contributed by atoms with E-state index < -0.39 is 0 Å². The minimum absolute atomic E-state index is 0.511. The molecule has 68 valence electrons. The van der Waals surface area contributed by atoms with Crippen molar-refractivity contribution in [2.24, 2.45) is 0 Å². The lowest BCUT2D eigenvalue weighted by Gasteiger charge is -2.07. The molecule has 1 rings (SSSR count). The van der Waals surface area contributed by atoms with Gasteiger partial charge in [0, 0.05) is 10.0 Å². The summed E-state index contributed by atoms with van der Waals surface area (Å²) in [5, 5.41) is 0. The standard InChI is InChI=1S/C11H11BrO/c1-3-7-13-11-8-10(12)6-5-9(11)4-2/h3-6,8H,1-2,7H2. The monoisotopic (exact) mass is 238 g/mol. The highest BCUT2D eigenvalue weighted by Gasteiger charge is 1.99. The van der Waals surface area contributed by atoms with Gasteiger partial charge in [-0.1, -0.05) is 47.3 Å². The first-order chi connectivity index (χ1) is 6.27. The molecule has 0 unspecified atom stereocenters. The van der Waals surface area contributed by atoms with E-state index in [1.807, 2.05) is 18.2 Å². The lowest BCUT2D eigenvalue weighted by Crippen LogP contribution is -1.94. The second kappa shape index (κ2) is 4.87. The van der Waals surface area contributed by atoms with Crippen LogP contribution in [0.2, 0.25) is 0 Å². The van der Waals surface area contributed by atoms with Gasteiger partial charge in [0.1, 0.15) is 12.4 Å². The normalized spacial score (nSPS) is 9.31. The minimum Gasteiger partial charge on any atom is -0.489 e. The Morgan fingerprint density at radius 3 is 2.77 bits per heavy atom. The summed E-state index contributed by atoms with van der Waals surface area (Å²) >= 11 is 3.38. The van der Waals surface area contributed by atoms with Crippen LogP contribution >= 0.6 is 15.9 Å². The molecule has 13 heavy (non-hydrogen) atoms. The molecule has 0 saturated heterocycles. The molecule has 1 nitrogen and oxygen atoms in total. The summed E-state index contributed by atoms with van der Waals surface area (Å²) in [6.07, 6.45) is 3.48. The van der Waals surface area contributed by atoms with Crippen molar-refractivity contribution in [3.63, 3.8) is 0 Å². The van der Waals surface area contributed by atoms with Crippen molar-refractivity contribution < 1.29 is 4.74 Å². The molecule has 0 saturated carbocycles. The lowest BCUT2D eigenvalue weighted by molar-refractivity contribution is 0.362. The molecule has 0 radical (unpaired) electrons. The maximum Gasteiger partial charge on any atom is 0.128 e. The van der Waals surface area contributed by atoms with Gasteiger partial charge >= 0.3 is 0 Å². The minimum atomic E-state index is 0.511. The molecule has 0 bridgehead atoms. The van der Waals surface area contributed by atoms with Gasteiger partial charge < -0.3 is 4.74 Å². The van der Waals surface area contributed by atoms with E-state index in [9.17, 15) is 0 Å². The van der Waals surface area contributed by atoms with Crippen LogP contribution in [0.4, 0.5) is 0 Å². The Bertz CT molecular complexity index is 318. The number of hydrogen-bond acceptors (Lipinski definition) is 1. The highest BCUT2D eigenvalue weighted by Crippen LogP contribution is 2.24. The molecular weight excluding hydrogens is 228 g/mol. The van der Waals surface area contributed by atoms with Crippen LogP contribution in [0.15, 0.2) is 41.9 Å². The number of ether oxygens (including phenoxy) is 1. The largest absolute Gasteiger partial charge is 0.489 e. The zero-order valence-corrected chi connectivity index (χ0v) is 8.88. The summed E-state index contributed by atoms with van der Waals surface area (Å²) in [5.74, 6) is 0.823. The SMILES string of the molecule is C=CCOc1cc(Br)ccc1C=C. The van der Waals surface area contributed by atoms with Crippen molar-refractivity contribution in [1.82, 2.24) is 0 Å². The van der Waals surface area contributed by atoms with Crippen LogP contribution in [0.5, 0.6) is 5.75 Å². The van der Waals surface area contributed by atoms with Gasteiger partial charge in [0.05, 0.1) is 0 Å². The highest BCUT2D eigenvalue weighted by atomic mass is 79.9. The van der Waals surface area contributed by atoms with Gasteiger partial charge in [0.2, 0.25) is 0 Å². The van der Waals surface area contributed by atoms with Crippen LogP contribution < -0.4 is 4.74 Å². The van der Waals surface area contributed by atoms with E-state index >= 15 is 0 Å². The first kappa shape index (κ1) is 10.1. The summed E-state index contributed by atoms with van der Waals surface area (Å²) in [7, 11) is 0. The Morgan fingerprint density at radius 1 is 1.38 bits per heavy atom. The zero-order valence-electron chi connectivity index (χ0n) is 7.29. The van der Waals surface area contributed by atoms with E-state index in [0.29, 0.717) is 6.61 Å². The van der Waals surface area contributed by atoms with Crippen LogP contribution in [0.3, 0.4) is 0 Å². The molecule has 0 N–H and O–H groups in total. The number of rotatable bonds is 4. The second-order valence-electron chi connectivity index (χ2n) is 2.49. The molecule has 0 amide bonds. The van der Waals surface area contributed by atoms with Gasteiger partial charge in [-0.25, -0.2) is 0 Å². The van der Waals surface area contributed by atoms with E-state index in [2.05, 4.69) is 29.1 Å². The fraction of sp³-hybridized carbons (Fsp3) is 0.0909. The topological polar surface area (TPSA) is 9.23 Å². The summed E-state index contributed by atoms with van der Waals surface area (Å²) in [6.45, 7) is 7.81.